The zero-order chi connectivity index (χ0) is 17.7. The van der Waals surface area contributed by atoms with Crippen molar-refractivity contribution in [1.29, 1.82) is 0 Å². The number of allylic oxidation sites excluding steroid dienone is 1. The van der Waals surface area contributed by atoms with Crippen LogP contribution < -0.4 is 0 Å². The second-order valence-electron chi connectivity index (χ2n) is 7.27. The van der Waals surface area contributed by atoms with Crippen molar-refractivity contribution in [3.05, 3.63) is 11.6 Å². The van der Waals surface area contributed by atoms with E-state index >= 15 is 0 Å². The van der Waals surface area contributed by atoms with E-state index < -0.39 is 46.2 Å². The molecular weight excluding hydrogens is 320 g/mol. The number of ether oxygens (including phenoxy) is 3. The number of hydrogen-bond acceptors (Lipinski definition) is 8. The highest BCUT2D eigenvalue weighted by molar-refractivity contribution is 6.00. The van der Waals surface area contributed by atoms with E-state index in [1.807, 2.05) is 0 Å². The normalized spacial score (nSPS) is 51.8. The lowest BCUT2D eigenvalue weighted by atomic mass is 9.51. The van der Waals surface area contributed by atoms with Crippen LogP contribution in [0.3, 0.4) is 0 Å². The minimum Gasteiger partial charge on any atom is -0.465 e. The smallest absolute Gasteiger partial charge is 0.367 e. The molecule has 130 valence electrons. The van der Waals surface area contributed by atoms with Crippen LogP contribution in [0.5, 0.6) is 0 Å². The Hall–Kier alpha value is -1.77. The Labute approximate surface area is 137 Å². The van der Waals surface area contributed by atoms with Crippen molar-refractivity contribution in [2.75, 3.05) is 13.7 Å². The fourth-order valence-electron chi connectivity index (χ4n) is 5.10. The van der Waals surface area contributed by atoms with Crippen LogP contribution in [-0.2, 0) is 28.6 Å². The first-order chi connectivity index (χ1) is 11.1. The number of carbonyl (C=O) groups is 3. The predicted molar refractivity (Wildman–Crippen MR) is 75.2 cm³/mol. The highest BCUT2D eigenvalue weighted by Crippen LogP contribution is 2.71. The van der Waals surface area contributed by atoms with Gasteiger partial charge in [-0.3, -0.25) is 4.79 Å². The third kappa shape index (κ3) is 1.22. The Morgan fingerprint density at radius 1 is 1.38 bits per heavy atom. The lowest BCUT2D eigenvalue weighted by Crippen LogP contribution is -2.63. The number of esters is 2. The molecule has 3 fully saturated rings. The van der Waals surface area contributed by atoms with Crippen molar-refractivity contribution < 1.29 is 38.8 Å². The van der Waals surface area contributed by atoms with Crippen LogP contribution in [0.15, 0.2) is 11.6 Å². The standard InChI is InChI=1S/C16H18O8/c1-7-8(17)4-9-13(2)6-23-11(18)15(13,20)10-5-14(7,9)16(21,24-10)12(19)22-3/h4,7,10,20-21H,5-6H2,1-3H3/t7-,10?,13-,14?,15+,16?/m0/s1. The monoisotopic (exact) mass is 338 g/mol. The molecule has 1 saturated carbocycles. The molecule has 6 atom stereocenters. The van der Waals surface area contributed by atoms with E-state index in [9.17, 15) is 24.6 Å². The van der Waals surface area contributed by atoms with Gasteiger partial charge in [-0.25, -0.2) is 9.59 Å². The summed E-state index contributed by atoms with van der Waals surface area (Å²) in [6.07, 6.45) is 0.0571. The van der Waals surface area contributed by atoms with Crippen molar-refractivity contribution in [1.82, 2.24) is 0 Å². The van der Waals surface area contributed by atoms with Crippen molar-refractivity contribution in [2.24, 2.45) is 16.7 Å². The summed E-state index contributed by atoms with van der Waals surface area (Å²) in [4.78, 5) is 37.0. The van der Waals surface area contributed by atoms with E-state index in [-0.39, 0.29) is 18.8 Å². The maximum atomic E-state index is 12.4. The molecule has 4 rings (SSSR count). The van der Waals surface area contributed by atoms with Gasteiger partial charge in [0.1, 0.15) is 12.7 Å². The molecule has 0 aromatic heterocycles. The lowest BCUT2D eigenvalue weighted by Gasteiger charge is -2.49. The van der Waals surface area contributed by atoms with E-state index in [0.29, 0.717) is 5.57 Å². The molecule has 2 aliphatic carbocycles. The SMILES string of the molecule is COC(=O)C1(O)OC2CC13C(=CC(=O)[C@@H]3C)[C@]1(C)COC(=O)[C@]21O. The zero-order valence-corrected chi connectivity index (χ0v) is 13.5. The number of hydrogen-bond donors (Lipinski definition) is 2. The highest BCUT2D eigenvalue weighted by Gasteiger charge is 2.84. The molecule has 8 nitrogen and oxygen atoms in total. The number of methoxy groups -OCH3 is 1. The Bertz CT molecular complexity index is 728. The van der Waals surface area contributed by atoms with Gasteiger partial charge < -0.3 is 24.4 Å². The quantitative estimate of drug-likeness (QED) is 0.589. The third-order valence-corrected chi connectivity index (χ3v) is 6.52. The average molecular weight is 338 g/mol. The van der Waals surface area contributed by atoms with Gasteiger partial charge in [-0.15, -0.1) is 0 Å². The number of rotatable bonds is 1. The van der Waals surface area contributed by atoms with Crippen molar-refractivity contribution in [3.8, 4) is 0 Å². The third-order valence-electron chi connectivity index (χ3n) is 6.52. The molecule has 0 aromatic carbocycles. The van der Waals surface area contributed by atoms with E-state index in [2.05, 4.69) is 0 Å². The number of carbonyl (C=O) groups excluding carboxylic acids is 3. The van der Waals surface area contributed by atoms with Gasteiger partial charge in [0.2, 0.25) is 5.60 Å². The van der Waals surface area contributed by atoms with Gasteiger partial charge in [-0.05, 0) is 25.0 Å². The molecule has 0 radical (unpaired) electrons. The molecule has 0 amide bonds. The summed E-state index contributed by atoms with van der Waals surface area (Å²) in [6.45, 7) is 3.02. The molecule has 2 N–H and O–H groups in total. The maximum Gasteiger partial charge on any atom is 0.367 e. The summed E-state index contributed by atoms with van der Waals surface area (Å²) in [6, 6.07) is 0. The van der Waals surface area contributed by atoms with E-state index in [4.69, 9.17) is 14.2 Å². The number of fused-ring (bicyclic) bond motifs is 4. The fraction of sp³-hybridized carbons (Fsp3) is 0.688. The first kappa shape index (κ1) is 15.7. The van der Waals surface area contributed by atoms with Crippen LogP contribution >= 0.6 is 0 Å². The average Bonchev–Trinajstić information content (AvgIpc) is 3.09. The predicted octanol–water partition coefficient (Wildman–Crippen LogP) is -0.924. The second kappa shape index (κ2) is 4.07. The zero-order valence-electron chi connectivity index (χ0n) is 13.5. The van der Waals surface area contributed by atoms with Crippen LogP contribution in [0.2, 0.25) is 0 Å². The largest absolute Gasteiger partial charge is 0.465 e. The summed E-state index contributed by atoms with van der Waals surface area (Å²) in [5.74, 6) is -5.46. The topological polar surface area (TPSA) is 119 Å². The fourth-order valence-corrected chi connectivity index (χ4v) is 5.10. The number of ketones is 1. The molecule has 3 unspecified atom stereocenters. The molecule has 0 aromatic rings. The van der Waals surface area contributed by atoms with Crippen LogP contribution in [0.4, 0.5) is 0 Å². The van der Waals surface area contributed by atoms with E-state index in [1.165, 1.54) is 6.08 Å². The van der Waals surface area contributed by atoms with Gasteiger partial charge in [-0.2, -0.15) is 0 Å². The van der Waals surface area contributed by atoms with Gasteiger partial charge in [0.25, 0.3) is 5.79 Å². The minimum absolute atomic E-state index is 0.0570. The van der Waals surface area contributed by atoms with Gasteiger partial charge in [0.05, 0.1) is 17.9 Å². The van der Waals surface area contributed by atoms with Crippen LogP contribution in [0.1, 0.15) is 20.3 Å². The van der Waals surface area contributed by atoms with Gasteiger partial charge in [0.15, 0.2) is 5.78 Å². The molecule has 24 heavy (non-hydrogen) atoms. The molecule has 2 saturated heterocycles. The molecule has 2 heterocycles. The summed E-state index contributed by atoms with van der Waals surface area (Å²) >= 11 is 0. The van der Waals surface area contributed by atoms with Crippen molar-refractivity contribution in [3.63, 3.8) is 0 Å². The molecule has 2 bridgehead atoms. The molecule has 2 aliphatic heterocycles. The minimum atomic E-state index is -2.45. The molecule has 4 aliphatic rings. The van der Waals surface area contributed by atoms with Crippen LogP contribution in [-0.4, -0.2) is 59.1 Å². The van der Waals surface area contributed by atoms with E-state index in [0.717, 1.165) is 7.11 Å². The Morgan fingerprint density at radius 2 is 2.04 bits per heavy atom. The first-order valence-electron chi connectivity index (χ1n) is 7.74. The van der Waals surface area contributed by atoms with Crippen molar-refractivity contribution >= 4 is 17.7 Å². The molecular formula is C16H18O8. The van der Waals surface area contributed by atoms with Gasteiger partial charge in [-0.1, -0.05) is 6.92 Å². The Kier molecular flexibility index (Phi) is 2.67. The molecule has 1 spiro atoms. The number of aliphatic hydroxyl groups is 2. The maximum absolute atomic E-state index is 12.4. The Balaban J connectivity index is 2.03. The lowest BCUT2D eigenvalue weighted by molar-refractivity contribution is -0.253. The first-order valence-corrected chi connectivity index (χ1v) is 7.74. The van der Waals surface area contributed by atoms with E-state index in [1.54, 1.807) is 13.8 Å². The van der Waals surface area contributed by atoms with Crippen molar-refractivity contribution in [2.45, 2.75) is 37.8 Å². The summed E-state index contributed by atoms with van der Waals surface area (Å²) in [5.41, 5.74) is -4.43. The van der Waals surface area contributed by atoms with Gasteiger partial charge in [0, 0.05) is 5.92 Å². The highest BCUT2D eigenvalue weighted by atomic mass is 16.7. The second-order valence-corrected chi connectivity index (χ2v) is 7.27. The van der Waals surface area contributed by atoms with Crippen LogP contribution in [0, 0.1) is 16.7 Å². The number of cyclic esters (lactones) is 1. The summed E-state index contributed by atoms with van der Waals surface area (Å²) in [7, 11) is 1.10. The molecule has 8 heteroatoms. The Morgan fingerprint density at radius 3 is 2.67 bits per heavy atom. The van der Waals surface area contributed by atoms with Crippen LogP contribution in [0.25, 0.3) is 0 Å². The summed E-state index contributed by atoms with van der Waals surface area (Å²) < 4.78 is 15.3. The van der Waals surface area contributed by atoms with Gasteiger partial charge >= 0.3 is 11.9 Å². The summed E-state index contributed by atoms with van der Waals surface area (Å²) in [5, 5.41) is 22.2.